The van der Waals surface area contributed by atoms with Gasteiger partial charge in [0, 0.05) is 10.9 Å². The Balaban J connectivity index is 2.73. The molecule has 4 heteroatoms. The van der Waals surface area contributed by atoms with Crippen LogP contribution >= 0.6 is 0 Å². The van der Waals surface area contributed by atoms with E-state index in [1.165, 1.54) is 12.1 Å². The Morgan fingerprint density at radius 1 is 1.31 bits per heavy atom. The van der Waals surface area contributed by atoms with Crippen molar-refractivity contribution in [3.8, 4) is 0 Å². The normalized spacial score (nSPS) is 16.8. The van der Waals surface area contributed by atoms with Gasteiger partial charge in [0.25, 0.3) is 0 Å². The molecule has 0 saturated heterocycles. The topological polar surface area (TPSA) is 29.1 Å². The van der Waals surface area contributed by atoms with Gasteiger partial charge in [0.05, 0.1) is 16.0 Å². The molecule has 0 amide bonds. The van der Waals surface area contributed by atoms with Crippen LogP contribution in [0.4, 0.5) is 4.39 Å². The zero-order chi connectivity index (χ0) is 12.1. The summed E-state index contributed by atoms with van der Waals surface area (Å²) in [7, 11) is -1.10. The van der Waals surface area contributed by atoms with E-state index in [4.69, 9.17) is 0 Å². The van der Waals surface area contributed by atoms with Gasteiger partial charge in [-0.15, -0.1) is 0 Å². The van der Waals surface area contributed by atoms with Gasteiger partial charge in [0.15, 0.2) is 0 Å². The van der Waals surface area contributed by atoms with E-state index in [1.807, 2.05) is 20.8 Å². The van der Waals surface area contributed by atoms with Crippen molar-refractivity contribution in [3.05, 3.63) is 30.1 Å². The van der Waals surface area contributed by atoms with Crippen LogP contribution in [-0.2, 0) is 10.8 Å². The molecule has 0 fully saturated rings. The summed E-state index contributed by atoms with van der Waals surface area (Å²) in [5.74, 6) is -0.298. The molecule has 3 unspecified atom stereocenters. The number of hydrogen-bond acceptors (Lipinski definition) is 2. The van der Waals surface area contributed by atoms with Crippen LogP contribution in [0, 0.1) is 5.82 Å². The summed E-state index contributed by atoms with van der Waals surface area (Å²) in [4.78, 5) is 0.679. The quantitative estimate of drug-likeness (QED) is 0.860. The number of nitrogens with one attached hydrogen (secondary N) is 1. The van der Waals surface area contributed by atoms with Crippen molar-refractivity contribution in [2.75, 3.05) is 6.54 Å². The van der Waals surface area contributed by atoms with Crippen molar-refractivity contribution >= 4 is 10.8 Å². The first-order valence-corrected chi connectivity index (χ1v) is 6.67. The van der Waals surface area contributed by atoms with Crippen LogP contribution in [0.15, 0.2) is 29.2 Å². The molecule has 0 aliphatic heterocycles. The standard InChI is InChI=1S/C12H18FNOS/c1-4-14-9(2)10(3)16(15)12-7-5-11(13)6-8-12/h5-10,14H,4H2,1-3H3. The lowest BCUT2D eigenvalue weighted by Gasteiger charge is -2.20. The molecule has 0 aliphatic rings. The minimum absolute atomic E-state index is 0.00501. The van der Waals surface area contributed by atoms with Gasteiger partial charge in [0.1, 0.15) is 5.82 Å². The van der Waals surface area contributed by atoms with Crippen molar-refractivity contribution in [2.45, 2.75) is 37.0 Å². The van der Waals surface area contributed by atoms with E-state index >= 15 is 0 Å². The Kier molecular flexibility index (Phi) is 5.09. The molecule has 3 atom stereocenters. The second-order valence-electron chi connectivity index (χ2n) is 3.80. The molecule has 0 aliphatic carbocycles. The van der Waals surface area contributed by atoms with Crippen molar-refractivity contribution in [1.82, 2.24) is 5.32 Å². The molecule has 0 spiro atoms. The van der Waals surface area contributed by atoms with Gasteiger partial charge in [-0.3, -0.25) is 4.21 Å². The Morgan fingerprint density at radius 2 is 1.88 bits per heavy atom. The van der Waals surface area contributed by atoms with E-state index in [0.717, 1.165) is 6.54 Å². The Hall–Kier alpha value is -0.740. The molecular weight excluding hydrogens is 225 g/mol. The number of halogens is 1. The first-order valence-electron chi connectivity index (χ1n) is 5.45. The highest BCUT2D eigenvalue weighted by Crippen LogP contribution is 2.14. The molecule has 1 N–H and O–H groups in total. The molecular formula is C12H18FNOS. The third-order valence-electron chi connectivity index (χ3n) is 2.61. The zero-order valence-electron chi connectivity index (χ0n) is 9.87. The van der Waals surface area contributed by atoms with Crippen LogP contribution in [0.2, 0.25) is 0 Å². The Labute approximate surface area is 98.7 Å². The maximum absolute atomic E-state index is 12.7. The van der Waals surface area contributed by atoms with Gasteiger partial charge in [-0.05, 0) is 44.7 Å². The molecule has 1 aromatic rings. The highest BCUT2D eigenvalue weighted by Gasteiger charge is 2.19. The summed E-state index contributed by atoms with van der Waals surface area (Å²) in [5.41, 5.74) is 0. The van der Waals surface area contributed by atoms with Gasteiger partial charge in [0.2, 0.25) is 0 Å². The van der Waals surface area contributed by atoms with Crippen molar-refractivity contribution < 1.29 is 8.60 Å². The highest BCUT2D eigenvalue weighted by molar-refractivity contribution is 7.85. The van der Waals surface area contributed by atoms with Crippen molar-refractivity contribution in [2.24, 2.45) is 0 Å². The lowest BCUT2D eigenvalue weighted by molar-refractivity contribution is 0.549. The molecule has 0 aromatic heterocycles. The van der Waals surface area contributed by atoms with Crippen molar-refractivity contribution in [3.63, 3.8) is 0 Å². The fourth-order valence-electron chi connectivity index (χ4n) is 1.46. The van der Waals surface area contributed by atoms with E-state index < -0.39 is 10.8 Å². The molecule has 1 aromatic carbocycles. The van der Waals surface area contributed by atoms with Gasteiger partial charge in [-0.2, -0.15) is 0 Å². The van der Waals surface area contributed by atoms with Crippen LogP contribution < -0.4 is 5.32 Å². The largest absolute Gasteiger partial charge is 0.313 e. The lowest BCUT2D eigenvalue weighted by Crippen LogP contribution is -2.37. The number of benzene rings is 1. The minimum atomic E-state index is -1.10. The summed E-state index contributed by atoms with van der Waals surface area (Å²) < 4.78 is 24.8. The predicted molar refractivity (Wildman–Crippen MR) is 65.4 cm³/mol. The van der Waals surface area contributed by atoms with Gasteiger partial charge in [-0.25, -0.2) is 4.39 Å². The third-order valence-corrected chi connectivity index (χ3v) is 4.43. The SMILES string of the molecule is CCNC(C)C(C)S(=O)c1ccc(F)cc1. The molecule has 2 nitrogen and oxygen atoms in total. The average Bonchev–Trinajstić information content (AvgIpc) is 2.28. The monoisotopic (exact) mass is 243 g/mol. The Bertz CT molecular complexity index is 353. The van der Waals surface area contributed by atoms with Crippen molar-refractivity contribution in [1.29, 1.82) is 0 Å². The van der Waals surface area contributed by atoms with Crippen LogP contribution in [0.1, 0.15) is 20.8 Å². The van der Waals surface area contributed by atoms with E-state index in [9.17, 15) is 8.60 Å². The van der Waals surface area contributed by atoms with Crippen LogP contribution in [0.5, 0.6) is 0 Å². The fraction of sp³-hybridized carbons (Fsp3) is 0.500. The van der Waals surface area contributed by atoms with E-state index in [1.54, 1.807) is 12.1 Å². The lowest BCUT2D eigenvalue weighted by atomic mass is 10.2. The van der Waals surface area contributed by atoms with Crippen LogP contribution in [0.25, 0.3) is 0 Å². The summed E-state index contributed by atoms with van der Waals surface area (Å²) in [6, 6.07) is 6.03. The van der Waals surface area contributed by atoms with E-state index in [2.05, 4.69) is 5.32 Å². The van der Waals surface area contributed by atoms with Crippen LogP contribution in [-0.4, -0.2) is 22.0 Å². The molecule has 16 heavy (non-hydrogen) atoms. The summed E-state index contributed by atoms with van der Waals surface area (Å²) in [5, 5.41) is 3.25. The average molecular weight is 243 g/mol. The van der Waals surface area contributed by atoms with E-state index in [0.29, 0.717) is 4.90 Å². The number of hydrogen-bond donors (Lipinski definition) is 1. The first kappa shape index (κ1) is 13.3. The zero-order valence-corrected chi connectivity index (χ0v) is 10.7. The highest BCUT2D eigenvalue weighted by atomic mass is 32.2. The number of rotatable bonds is 5. The second-order valence-corrected chi connectivity index (χ2v) is 5.61. The smallest absolute Gasteiger partial charge is 0.123 e. The maximum Gasteiger partial charge on any atom is 0.123 e. The predicted octanol–water partition coefficient (Wildman–Crippen LogP) is 2.32. The van der Waals surface area contributed by atoms with Gasteiger partial charge >= 0.3 is 0 Å². The van der Waals surface area contributed by atoms with Gasteiger partial charge in [-0.1, -0.05) is 6.92 Å². The molecule has 90 valence electrons. The summed E-state index contributed by atoms with van der Waals surface area (Å²) in [6.45, 7) is 6.82. The molecule has 0 bridgehead atoms. The molecule has 0 radical (unpaired) electrons. The fourth-order valence-corrected chi connectivity index (χ4v) is 2.76. The minimum Gasteiger partial charge on any atom is -0.313 e. The first-order chi connectivity index (χ1) is 7.56. The van der Waals surface area contributed by atoms with Crippen LogP contribution in [0.3, 0.4) is 0 Å². The van der Waals surface area contributed by atoms with Gasteiger partial charge < -0.3 is 5.32 Å². The molecule has 1 rings (SSSR count). The Morgan fingerprint density at radius 3 is 2.38 bits per heavy atom. The summed E-state index contributed by atoms with van der Waals surface area (Å²) >= 11 is 0. The summed E-state index contributed by atoms with van der Waals surface area (Å²) in [6.07, 6.45) is 0. The maximum atomic E-state index is 12.7. The second kappa shape index (κ2) is 6.11. The molecule has 0 heterocycles. The molecule has 0 saturated carbocycles. The third kappa shape index (κ3) is 3.39. The van der Waals surface area contributed by atoms with E-state index in [-0.39, 0.29) is 17.1 Å².